The van der Waals surface area contributed by atoms with E-state index in [9.17, 15) is 0 Å². The van der Waals surface area contributed by atoms with Gasteiger partial charge in [-0.1, -0.05) is 11.6 Å². The molecule has 0 amide bonds. The Balaban J connectivity index is 1.84. The monoisotopic (exact) mass is 254 g/mol. The summed E-state index contributed by atoms with van der Waals surface area (Å²) in [6, 6.07) is 4.48. The number of piperidine rings is 1. The second-order valence-corrected chi connectivity index (χ2v) is 5.21. The molecule has 0 unspecified atom stereocenters. The van der Waals surface area contributed by atoms with E-state index in [1.54, 1.807) is 6.07 Å². The predicted molar refractivity (Wildman–Crippen MR) is 69.0 cm³/mol. The van der Waals surface area contributed by atoms with Crippen LogP contribution in [0, 0.1) is 0 Å². The molecule has 0 aliphatic carbocycles. The van der Waals surface area contributed by atoms with E-state index in [2.05, 4.69) is 34.1 Å². The van der Waals surface area contributed by atoms with E-state index in [-0.39, 0.29) is 0 Å². The standard InChI is InChI=1S/C12H19ClN4/c1-16(2)11-5-7-17(8-6-11)9-10-3-4-12(13)15-14-10/h3-4,11H,5-9H2,1-2H3. The molecule has 1 aliphatic heterocycles. The van der Waals surface area contributed by atoms with E-state index in [1.807, 2.05) is 6.07 Å². The molecular formula is C12H19ClN4. The molecule has 0 radical (unpaired) electrons. The number of hydrogen-bond donors (Lipinski definition) is 0. The normalized spacial score (nSPS) is 18.8. The molecule has 1 aromatic rings. The lowest BCUT2D eigenvalue weighted by atomic mass is 10.0. The minimum Gasteiger partial charge on any atom is -0.306 e. The zero-order valence-electron chi connectivity index (χ0n) is 10.4. The maximum Gasteiger partial charge on any atom is 0.151 e. The summed E-state index contributed by atoms with van der Waals surface area (Å²) in [6.45, 7) is 3.14. The minimum absolute atomic E-state index is 0.458. The summed E-state index contributed by atoms with van der Waals surface area (Å²) in [4.78, 5) is 4.75. The molecule has 5 heteroatoms. The fourth-order valence-corrected chi connectivity index (χ4v) is 2.35. The van der Waals surface area contributed by atoms with Gasteiger partial charge < -0.3 is 4.90 Å². The Morgan fingerprint density at radius 1 is 1.29 bits per heavy atom. The molecule has 17 heavy (non-hydrogen) atoms. The third-order valence-electron chi connectivity index (χ3n) is 3.36. The van der Waals surface area contributed by atoms with Gasteiger partial charge in [-0.05, 0) is 39.1 Å². The van der Waals surface area contributed by atoms with Gasteiger partial charge in [0.1, 0.15) is 0 Å². The van der Waals surface area contributed by atoms with Gasteiger partial charge in [-0.25, -0.2) is 0 Å². The van der Waals surface area contributed by atoms with Crippen LogP contribution in [0.1, 0.15) is 18.5 Å². The van der Waals surface area contributed by atoms with E-state index in [0.29, 0.717) is 5.15 Å². The Bertz CT molecular complexity index is 344. The van der Waals surface area contributed by atoms with Crippen molar-refractivity contribution >= 4 is 11.6 Å². The summed E-state index contributed by atoms with van der Waals surface area (Å²) in [5.74, 6) is 0. The summed E-state index contributed by atoms with van der Waals surface area (Å²) in [5.41, 5.74) is 0.998. The van der Waals surface area contributed by atoms with E-state index in [1.165, 1.54) is 12.8 Å². The van der Waals surface area contributed by atoms with Crippen molar-refractivity contribution < 1.29 is 0 Å². The molecule has 0 atom stereocenters. The molecule has 0 N–H and O–H groups in total. The quantitative estimate of drug-likeness (QED) is 0.821. The molecule has 1 aromatic heterocycles. The van der Waals surface area contributed by atoms with E-state index < -0.39 is 0 Å². The average Bonchev–Trinajstić information content (AvgIpc) is 2.33. The predicted octanol–water partition coefficient (Wildman–Crippen LogP) is 1.66. The average molecular weight is 255 g/mol. The first-order valence-electron chi connectivity index (χ1n) is 6.02. The highest BCUT2D eigenvalue weighted by molar-refractivity contribution is 6.29. The van der Waals surface area contributed by atoms with Gasteiger partial charge in [-0.2, -0.15) is 5.10 Å². The van der Waals surface area contributed by atoms with Crippen molar-refractivity contribution in [3.63, 3.8) is 0 Å². The molecule has 1 fully saturated rings. The van der Waals surface area contributed by atoms with Crippen molar-refractivity contribution in [3.8, 4) is 0 Å². The van der Waals surface area contributed by atoms with Crippen LogP contribution in [0.5, 0.6) is 0 Å². The number of rotatable bonds is 3. The Kier molecular flexibility index (Phi) is 4.31. The van der Waals surface area contributed by atoms with Crippen LogP contribution >= 0.6 is 11.6 Å². The first-order valence-corrected chi connectivity index (χ1v) is 6.40. The van der Waals surface area contributed by atoms with Gasteiger partial charge in [0, 0.05) is 25.7 Å². The maximum absolute atomic E-state index is 5.72. The molecule has 0 aromatic carbocycles. The Morgan fingerprint density at radius 3 is 2.53 bits per heavy atom. The van der Waals surface area contributed by atoms with Gasteiger partial charge in [-0.15, -0.1) is 5.10 Å². The number of halogens is 1. The third-order valence-corrected chi connectivity index (χ3v) is 3.56. The minimum atomic E-state index is 0.458. The fourth-order valence-electron chi connectivity index (χ4n) is 2.25. The van der Waals surface area contributed by atoms with Gasteiger partial charge >= 0.3 is 0 Å². The van der Waals surface area contributed by atoms with Crippen LogP contribution in [-0.4, -0.2) is 53.2 Å². The van der Waals surface area contributed by atoms with Crippen LogP contribution in [0.3, 0.4) is 0 Å². The highest BCUT2D eigenvalue weighted by atomic mass is 35.5. The second kappa shape index (κ2) is 5.76. The summed E-state index contributed by atoms with van der Waals surface area (Å²) >= 11 is 5.72. The lowest BCUT2D eigenvalue weighted by molar-refractivity contribution is 0.138. The highest BCUT2D eigenvalue weighted by Gasteiger charge is 2.20. The second-order valence-electron chi connectivity index (χ2n) is 4.82. The van der Waals surface area contributed by atoms with E-state index >= 15 is 0 Å². The largest absolute Gasteiger partial charge is 0.306 e. The number of aromatic nitrogens is 2. The SMILES string of the molecule is CN(C)C1CCN(Cc2ccc(Cl)nn2)CC1. The Hall–Kier alpha value is -0.710. The van der Waals surface area contributed by atoms with Crippen molar-refractivity contribution in [1.29, 1.82) is 0 Å². The Morgan fingerprint density at radius 2 is 2.00 bits per heavy atom. The van der Waals surface area contributed by atoms with Crippen molar-refractivity contribution in [2.45, 2.75) is 25.4 Å². The summed E-state index contributed by atoms with van der Waals surface area (Å²) in [5, 5.41) is 8.42. The first-order chi connectivity index (χ1) is 8.15. The van der Waals surface area contributed by atoms with Crippen LogP contribution in [0.25, 0.3) is 0 Å². The molecule has 2 rings (SSSR count). The first kappa shape index (κ1) is 12.7. The van der Waals surface area contributed by atoms with Crippen LogP contribution in [0.4, 0.5) is 0 Å². The molecule has 0 bridgehead atoms. The van der Waals surface area contributed by atoms with Gasteiger partial charge in [0.25, 0.3) is 0 Å². The summed E-state index contributed by atoms with van der Waals surface area (Å²) in [7, 11) is 4.32. The molecule has 1 aliphatic rings. The lowest BCUT2D eigenvalue weighted by Gasteiger charge is -2.34. The zero-order chi connectivity index (χ0) is 12.3. The lowest BCUT2D eigenvalue weighted by Crippen LogP contribution is -2.41. The molecule has 4 nitrogen and oxygen atoms in total. The van der Waals surface area contributed by atoms with Crippen molar-refractivity contribution in [2.75, 3.05) is 27.2 Å². The smallest absolute Gasteiger partial charge is 0.151 e. The number of hydrogen-bond acceptors (Lipinski definition) is 4. The molecular weight excluding hydrogens is 236 g/mol. The summed E-state index contributed by atoms with van der Waals surface area (Å²) < 4.78 is 0. The van der Waals surface area contributed by atoms with Crippen LogP contribution in [-0.2, 0) is 6.54 Å². The third kappa shape index (κ3) is 3.63. The maximum atomic E-state index is 5.72. The van der Waals surface area contributed by atoms with Gasteiger partial charge in [0.2, 0.25) is 0 Å². The van der Waals surface area contributed by atoms with Crippen molar-refractivity contribution in [3.05, 3.63) is 23.0 Å². The van der Waals surface area contributed by atoms with Gasteiger partial charge in [-0.3, -0.25) is 4.90 Å². The zero-order valence-corrected chi connectivity index (χ0v) is 11.2. The van der Waals surface area contributed by atoms with Crippen LogP contribution in [0.2, 0.25) is 5.15 Å². The molecule has 0 spiro atoms. The van der Waals surface area contributed by atoms with Crippen molar-refractivity contribution in [1.82, 2.24) is 20.0 Å². The molecule has 0 saturated carbocycles. The van der Waals surface area contributed by atoms with Crippen molar-refractivity contribution in [2.24, 2.45) is 0 Å². The van der Waals surface area contributed by atoms with Gasteiger partial charge in [0.05, 0.1) is 5.69 Å². The fraction of sp³-hybridized carbons (Fsp3) is 0.667. The molecule has 94 valence electrons. The van der Waals surface area contributed by atoms with E-state index in [4.69, 9.17) is 11.6 Å². The topological polar surface area (TPSA) is 32.3 Å². The van der Waals surface area contributed by atoms with Crippen LogP contribution < -0.4 is 0 Å². The number of nitrogens with zero attached hydrogens (tertiary/aromatic N) is 4. The molecule has 2 heterocycles. The highest BCUT2D eigenvalue weighted by Crippen LogP contribution is 2.16. The van der Waals surface area contributed by atoms with Crippen LogP contribution in [0.15, 0.2) is 12.1 Å². The molecule has 1 saturated heterocycles. The Labute approximate surface area is 108 Å². The van der Waals surface area contributed by atoms with E-state index in [0.717, 1.165) is 31.4 Å². The number of likely N-dealkylation sites (tertiary alicyclic amines) is 1. The summed E-state index contributed by atoms with van der Waals surface area (Å²) in [6.07, 6.45) is 2.46. The van der Waals surface area contributed by atoms with Gasteiger partial charge in [0.15, 0.2) is 5.15 Å².